The Balaban J connectivity index is 2.67. The van der Waals surface area contributed by atoms with Crippen LogP contribution in [0.3, 0.4) is 0 Å². The van der Waals surface area contributed by atoms with Gasteiger partial charge in [0.2, 0.25) is 0 Å². The van der Waals surface area contributed by atoms with Gasteiger partial charge in [0.1, 0.15) is 11.2 Å². The highest BCUT2D eigenvalue weighted by Crippen LogP contribution is 2.27. The van der Waals surface area contributed by atoms with E-state index in [1.54, 1.807) is 12.3 Å². The monoisotopic (exact) mass is 200 g/mol. The summed E-state index contributed by atoms with van der Waals surface area (Å²) in [5.74, 6) is 0. The van der Waals surface area contributed by atoms with Crippen LogP contribution in [-0.4, -0.2) is 0 Å². The molecule has 1 aromatic carbocycles. The Labute approximate surface area is 84.9 Å². The van der Waals surface area contributed by atoms with Gasteiger partial charge in [-0.3, -0.25) is 0 Å². The van der Waals surface area contributed by atoms with Gasteiger partial charge in [-0.15, -0.1) is 0 Å². The predicted octanol–water partition coefficient (Wildman–Crippen LogP) is 2.85. The van der Waals surface area contributed by atoms with Crippen LogP contribution in [0.2, 0.25) is 0 Å². The zero-order valence-electron chi connectivity index (χ0n) is 8.11. The molecule has 0 amide bonds. The summed E-state index contributed by atoms with van der Waals surface area (Å²) in [5, 5.41) is 1.77. The fourth-order valence-corrected chi connectivity index (χ4v) is 1.84. The molecule has 0 atom stereocenters. The third-order valence-corrected chi connectivity index (χ3v) is 2.50. The van der Waals surface area contributed by atoms with Crippen molar-refractivity contribution in [1.29, 1.82) is 0 Å². The summed E-state index contributed by atoms with van der Waals surface area (Å²) in [5.41, 5.74) is 2.07. The van der Waals surface area contributed by atoms with Gasteiger partial charge in [0.25, 0.3) is 0 Å². The van der Waals surface area contributed by atoms with Crippen LogP contribution in [0.15, 0.2) is 44.2 Å². The summed E-state index contributed by atoms with van der Waals surface area (Å²) in [6, 6.07) is 6.95. The second kappa shape index (κ2) is 2.73. The van der Waals surface area contributed by atoms with Crippen LogP contribution >= 0.6 is 0 Å². The van der Waals surface area contributed by atoms with Gasteiger partial charge in [0.15, 0.2) is 0 Å². The fourth-order valence-electron chi connectivity index (χ4n) is 1.84. The van der Waals surface area contributed by atoms with Gasteiger partial charge in [-0.1, -0.05) is 0 Å². The van der Waals surface area contributed by atoms with E-state index in [4.69, 9.17) is 8.83 Å². The maximum absolute atomic E-state index is 11.1. The normalized spacial score (nSPS) is 11.3. The van der Waals surface area contributed by atoms with Crippen LogP contribution in [0.25, 0.3) is 21.9 Å². The molecule has 15 heavy (non-hydrogen) atoms. The minimum atomic E-state index is -0.339. The summed E-state index contributed by atoms with van der Waals surface area (Å²) in [7, 11) is 0. The van der Waals surface area contributed by atoms with E-state index in [0.717, 1.165) is 21.9 Å². The summed E-state index contributed by atoms with van der Waals surface area (Å²) < 4.78 is 10.5. The molecule has 2 aromatic heterocycles. The Morgan fingerprint density at radius 2 is 2.00 bits per heavy atom. The standard InChI is InChI=1S/C12H8O3/c1-7-6-8-2-3-10(13)15-12(8)9-4-5-14-11(7)9/h2-6H,1H3. The average Bonchev–Trinajstić information content (AvgIpc) is 2.69. The lowest BCUT2D eigenvalue weighted by Crippen LogP contribution is -1.94. The summed E-state index contributed by atoms with van der Waals surface area (Å²) in [6.07, 6.45) is 1.60. The largest absolute Gasteiger partial charge is 0.464 e. The molecule has 0 spiro atoms. The van der Waals surface area contributed by atoms with Crippen molar-refractivity contribution in [1.82, 2.24) is 0 Å². The molecule has 3 heteroatoms. The van der Waals surface area contributed by atoms with Crippen molar-refractivity contribution in [3.8, 4) is 0 Å². The van der Waals surface area contributed by atoms with Crippen molar-refractivity contribution in [2.75, 3.05) is 0 Å². The number of hydrogen-bond acceptors (Lipinski definition) is 3. The molecule has 0 aliphatic heterocycles. The second-order valence-corrected chi connectivity index (χ2v) is 3.53. The molecule has 3 nitrogen and oxygen atoms in total. The zero-order chi connectivity index (χ0) is 10.4. The van der Waals surface area contributed by atoms with Crippen molar-refractivity contribution < 1.29 is 8.83 Å². The van der Waals surface area contributed by atoms with E-state index in [1.807, 2.05) is 19.1 Å². The Kier molecular flexibility index (Phi) is 1.51. The molecule has 0 saturated heterocycles. The van der Waals surface area contributed by atoms with E-state index >= 15 is 0 Å². The second-order valence-electron chi connectivity index (χ2n) is 3.53. The van der Waals surface area contributed by atoms with Crippen molar-refractivity contribution >= 4 is 21.9 Å². The van der Waals surface area contributed by atoms with E-state index in [-0.39, 0.29) is 5.63 Å². The van der Waals surface area contributed by atoms with Crippen LogP contribution in [0.1, 0.15) is 5.56 Å². The van der Waals surface area contributed by atoms with Crippen LogP contribution in [0.5, 0.6) is 0 Å². The molecule has 2 heterocycles. The maximum atomic E-state index is 11.1. The lowest BCUT2D eigenvalue weighted by atomic mass is 10.1. The highest BCUT2D eigenvalue weighted by molar-refractivity contribution is 6.03. The number of rotatable bonds is 0. The fraction of sp³-hybridized carbons (Fsp3) is 0.0833. The van der Waals surface area contributed by atoms with Gasteiger partial charge < -0.3 is 8.83 Å². The van der Waals surface area contributed by atoms with Crippen LogP contribution in [0, 0.1) is 6.92 Å². The smallest absolute Gasteiger partial charge is 0.336 e. The SMILES string of the molecule is Cc1cc2ccc(=O)oc2c2ccoc12. The highest BCUT2D eigenvalue weighted by Gasteiger charge is 2.08. The van der Waals surface area contributed by atoms with Gasteiger partial charge in [-0.2, -0.15) is 0 Å². The van der Waals surface area contributed by atoms with Gasteiger partial charge >= 0.3 is 5.63 Å². The Bertz CT molecular complexity index is 704. The van der Waals surface area contributed by atoms with Crippen molar-refractivity contribution in [3.63, 3.8) is 0 Å². The molecule has 0 fully saturated rings. The number of aryl methyl sites for hydroxylation is 1. The van der Waals surface area contributed by atoms with Crippen LogP contribution in [-0.2, 0) is 0 Å². The minimum Gasteiger partial charge on any atom is -0.464 e. The molecule has 0 bridgehead atoms. The van der Waals surface area contributed by atoms with Crippen molar-refractivity contribution in [2.24, 2.45) is 0 Å². The Hall–Kier alpha value is -2.03. The summed E-state index contributed by atoms with van der Waals surface area (Å²) in [6.45, 7) is 1.97. The first kappa shape index (κ1) is 8.29. The number of hydrogen-bond donors (Lipinski definition) is 0. The number of benzene rings is 1. The molecule has 0 saturated carbocycles. The number of fused-ring (bicyclic) bond motifs is 3. The van der Waals surface area contributed by atoms with Gasteiger partial charge in [-0.25, -0.2) is 4.79 Å². The van der Waals surface area contributed by atoms with E-state index in [2.05, 4.69) is 0 Å². The molecule has 0 aliphatic rings. The van der Waals surface area contributed by atoms with E-state index in [9.17, 15) is 4.79 Å². The Morgan fingerprint density at radius 3 is 2.87 bits per heavy atom. The first-order chi connectivity index (χ1) is 7.25. The molecule has 0 N–H and O–H groups in total. The maximum Gasteiger partial charge on any atom is 0.336 e. The average molecular weight is 200 g/mol. The summed E-state index contributed by atoms with van der Waals surface area (Å²) >= 11 is 0. The van der Waals surface area contributed by atoms with Crippen LogP contribution in [0.4, 0.5) is 0 Å². The van der Waals surface area contributed by atoms with Gasteiger partial charge in [0, 0.05) is 11.5 Å². The predicted molar refractivity (Wildman–Crippen MR) is 57.0 cm³/mol. The first-order valence-corrected chi connectivity index (χ1v) is 4.66. The molecule has 3 aromatic rings. The lowest BCUT2D eigenvalue weighted by Gasteiger charge is -1.99. The molecular weight excluding hydrogens is 192 g/mol. The molecule has 74 valence electrons. The quantitative estimate of drug-likeness (QED) is 0.524. The Morgan fingerprint density at radius 1 is 1.13 bits per heavy atom. The third-order valence-electron chi connectivity index (χ3n) is 2.50. The van der Waals surface area contributed by atoms with E-state index in [0.29, 0.717) is 5.58 Å². The van der Waals surface area contributed by atoms with E-state index < -0.39 is 0 Å². The van der Waals surface area contributed by atoms with Crippen LogP contribution < -0.4 is 5.63 Å². The third kappa shape index (κ3) is 1.09. The molecule has 0 aliphatic carbocycles. The van der Waals surface area contributed by atoms with Crippen molar-refractivity contribution in [3.05, 3.63) is 46.5 Å². The molecule has 3 rings (SSSR count). The molecule has 0 radical (unpaired) electrons. The molecular formula is C12H8O3. The van der Waals surface area contributed by atoms with Crippen molar-refractivity contribution in [2.45, 2.75) is 6.92 Å². The van der Waals surface area contributed by atoms with E-state index in [1.165, 1.54) is 6.07 Å². The zero-order valence-corrected chi connectivity index (χ0v) is 8.11. The van der Waals surface area contributed by atoms with Gasteiger partial charge in [-0.05, 0) is 30.7 Å². The lowest BCUT2D eigenvalue weighted by molar-refractivity contribution is 0.563. The number of furan rings is 1. The van der Waals surface area contributed by atoms with Gasteiger partial charge in [0.05, 0.1) is 11.6 Å². The topological polar surface area (TPSA) is 43.4 Å². The summed E-state index contributed by atoms with van der Waals surface area (Å²) in [4.78, 5) is 11.1. The molecule has 0 unspecified atom stereocenters. The first-order valence-electron chi connectivity index (χ1n) is 4.66. The highest BCUT2D eigenvalue weighted by atomic mass is 16.4. The minimum absolute atomic E-state index is 0.339.